The molecule has 0 aliphatic rings. The summed E-state index contributed by atoms with van der Waals surface area (Å²) in [4.78, 5) is 5.13. The molecule has 1 heterocycles. The topological polar surface area (TPSA) is 24.9 Å². The highest BCUT2D eigenvalue weighted by atomic mass is 35.5. The first-order valence-electron chi connectivity index (χ1n) is 4.65. The van der Waals surface area contributed by atoms with Crippen LogP contribution in [0.4, 0.5) is 5.69 Å². The molecule has 0 amide bonds. The molecule has 0 saturated carbocycles. The van der Waals surface area contributed by atoms with Crippen molar-refractivity contribution < 1.29 is 0 Å². The second-order valence-electron chi connectivity index (χ2n) is 3.30. The summed E-state index contributed by atoms with van der Waals surface area (Å²) in [5, 5.41) is 3.31. The number of nitrogens with one attached hydrogen (secondary N) is 1. The summed E-state index contributed by atoms with van der Waals surface area (Å²) in [5.74, 6) is 0. The van der Waals surface area contributed by atoms with Gasteiger partial charge in [0, 0.05) is 16.8 Å². The molecule has 0 unspecified atom stereocenters. The number of aromatic nitrogens is 1. The monoisotopic (exact) mass is 238 g/mol. The Morgan fingerprint density at radius 1 is 1.33 bits per heavy atom. The lowest BCUT2D eigenvalue weighted by atomic mass is 10.2. The first-order chi connectivity index (χ1) is 7.24. The molecule has 1 aromatic heterocycles. The standard InChI is InChI=1S/C11H11ClN2S/c1-8-2-4-9(5-3-8)13-6-10-7-14-11(12)15-10/h2-5,7,13H,6H2,1H3. The molecule has 78 valence electrons. The smallest absolute Gasteiger partial charge is 0.183 e. The molecule has 2 rings (SSSR count). The van der Waals surface area contributed by atoms with Gasteiger partial charge < -0.3 is 5.32 Å². The Balaban J connectivity index is 1.96. The van der Waals surface area contributed by atoms with Crippen LogP contribution in [0.2, 0.25) is 4.47 Å². The number of nitrogens with zero attached hydrogens (tertiary/aromatic N) is 1. The third kappa shape index (κ3) is 2.94. The molecule has 0 atom stereocenters. The highest BCUT2D eigenvalue weighted by molar-refractivity contribution is 7.15. The molecule has 0 fully saturated rings. The van der Waals surface area contributed by atoms with Crippen molar-refractivity contribution in [3.05, 3.63) is 45.4 Å². The summed E-state index contributed by atoms with van der Waals surface area (Å²) in [5.41, 5.74) is 2.38. The lowest BCUT2D eigenvalue weighted by molar-refractivity contribution is 1.17. The molecule has 0 spiro atoms. The van der Waals surface area contributed by atoms with Crippen LogP contribution < -0.4 is 5.32 Å². The molecule has 4 heteroatoms. The number of thiazole rings is 1. The SMILES string of the molecule is Cc1ccc(NCc2cnc(Cl)s2)cc1. The van der Waals surface area contributed by atoms with Crippen LogP contribution in [0.3, 0.4) is 0 Å². The molecule has 2 aromatic rings. The van der Waals surface area contributed by atoms with Gasteiger partial charge in [0.05, 0.1) is 6.54 Å². The van der Waals surface area contributed by atoms with Gasteiger partial charge in [-0.05, 0) is 19.1 Å². The third-order valence-corrected chi connectivity index (χ3v) is 3.16. The summed E-state index contributed by atoms with van der Waals surface area (Å²) >= 11 is 7.24. The number of hydrogen-bond donors (Lipinski definition) is 1. The quantitative estimate of drug-likeness (QED) is 0.882. The maximum absolute atomic E-state index is 5.74. The van der Waals surface area contributed by atoms with Crippen molar-refractivity contribution in [2.45, 2.75) is 13.5 Å². The van der Waals surface area contributed by atoms with Crippen molar-refractivity contribution in [3.63, 3.8) is 0 Å². The first-order valence-corrected chi connectivity index (χ1v) is 5.84. The van der Waals surface area contributed by atoms with Gasteiger partial charge in [-0.15, -0.1) is 11.3 Å². The first kappa shape index (κ1) is 10.5. The van der Waals surface area contributed by atoms with Crippen LogP contribution in [0.5, 0.6) is 0 Å². The van der Waals surface area contributed by atoms with Crippen LogP contribution in [0.1, 0.15) is 10.4 Å². The molecule has 0 aliphatic heterocycles. The van der Waals surface area contributed by atoms with Crippen LogP contribution in [0.15, 0.2) is 30.5 Å². The largest absolute Gasteiger partial charge is 0.380 e. The fraction of sp³-hybridized carbons (Fsp3) is 0.182. The zero-order chi connectivity index (χ0) is 10.7. The van der Waals surface area contributed by atoms with Crippen molar-refractivity contribution in [1.82, 2.24) is 4.98 Å². The third-order valence-electron chi connectivity index (χ3n) is 2.04. The Kier molecular flexibility index (Phi) is 3.23. The summed E-state index contributed by atoms with van der Waals surface area (Å²) < 4.78 is 0.593. The Bertz CT molecular complexity index is 436. The number of benzene rings is 1. The molecular weight excluding hydrogens is 228 g/mol. The second-order valence-corrected chi connectivity index (χ2v) is 5.00. The minimum absolute atomic E-state index is 0.593. The number of aryl methyl sites for hydroxylation is 1. The van der Waals surface area contributed by atoms with Gasteiger partial charge in [0.25, 0.3) is 0 Å². The number of rotatable bonds is 3. The minimum atomic E-state index is 0.593. The van der Waals surface area contributed by atoms with Gasteiger partial charge >= 0.3 is 0 Å². The van der Waals surface area contributed by atoms with Gasteiger partial charge in [0.15, 0.2) is 4.47 Å². The molecule has 1 aromatic carbocycles. The van der Waals surface area contributed by atoms with Crippen molar-refractivity contribution >= 4 is 28.6 Å². The fourth-order valence-electron chi connectivity index (χ4n) is 1.23. The second kappa shape index (κ2) is 4.64. The van der Waals surface area contributed by atoms with Crippen LogP contribution in [-0.2, 0) is 6.54 Å². The lowest BCUT2D eigenvalue weighted by Gasteiger charge is -2.04. The Morgan fingerprint density at radius 3 is 2.67 bits per heavy atom. The number of hydrogen-bond acceptors (Lipinski definition) is 3. The van der Waals surface area contributed by atoms with Crippen LogP contribution >= 0.6 is 22.9 Å². The van der Waals surface area contributed by atoms with E-state index in [1.165, 1.54) is 16.9 Å². The van der Waals surface area contributed by atoms with Crippen molar-refractivity contribution in [2.24, 2.45) is 0 Å². The molecule has 15 heavy (non-hydrogen) atoms. The van der Waals surface area contributed by atoms with Crippen LogP contribution in [0, 0.1) is 6.92 Å². The maximum atomic E-state index is 5.74. The summed E-state index contributed by atoms with van der Waals surface area (Å²) in [6.07, 6.45) is 1.80. The van der Waals surface area contributed by atoms with Crippen LogP contribution in [0.25, 0.3) is 0 Å². The molecule has 2 nitrogen and oxygen atoms in total. The van der Waals surface area contributed by atoms with E-state index in [-0.39, 0.29) is 0 Å². The minimum Gasteiger partial charge on any atom is -0.380 e. The highest BCUT2D eigenvalue weighted by Crippen LogP contribution is 2.19. The van der Waals surface area contributed by atoms with E-state index in [0.717, 1.165) is 17.1 Å². The van der Waals surface area contributed by atoms with E-state index in [1.54, 1.807) is 6.20 Å². The Morgan fingerprint density at radius 2 is 2.07 bits per heavy atom. The van der Waals surface area contributed by atoms with E-state index in [2.05, 4.69) is 41.5 Å². The normalized spacial score (nSPS) is 10.3. The Hall–Kier alpha value is -1.06. The summed E-state index contributed by atoms with van der Waals surface area (Å²) in [7, 11) is 0. The molecule has 1 N–H and O–H groups in total. The number of halogens is 1. The molecular formula is C11H11ClN2S. The van der Waals surface area contributed by atoms with E-state index in [1.807, 2.05) is 0 Å². The van der Waals surface area contributed by atoms with Gasteiger partial charge in [-0.25, -0.2) is 4.98 Å². The van der Waals surface area contributed by atoms with Crippen LogP contribution in [-0.4, -0.2) is 4.98 Å². The van der Waals surface area contributed by atoms with Crippen molar-refractivity contribution in [1.29, 1.82) is 0 Å². The highest BCUT2D eigenvalue weighted by Gasteiger charge is 1.98. The predicted octanol–water partition coefficient (Wildman–Crippen LogP) is 3.72. The molecule has 0 radical (unpaired) electrons. The molecule has 0 bridgehead atoms. The van der Waals surface area contributed by atoms with Gasteiger partial charge in [-0.3, -0.25) is 0 Å². The van der Waals surface area contributed by atoms with Gasteiger partial charge in [-0.1, -0.05) is 29.3 Å². The summed E-state index contributed by atoms with van der Waals surface area (Å²) in [6.45, 7) is 2.85. The van der Waals surface area contributed by atoms with E-state index in [9.17, 15) is 0 Å². The molecule has 0 aliphatic carbocycles. The Labute approximate surface area is 97.9 Å². The van der Waals surface area contributed by atoms with Gasteiger partial charge in [-0.2, -0.15) is 0 Å². The van der Waals surface area contributed by atoms with E-state index in [4.69, 9.17) is 11.6 Å². The molecule has 0 saturated heterocycles. The predicted molar refractivity (Wildman–Crippen MR) is 65.6 cm³/mol. The average Bonchev–Trinajstić information content (AvgIpc) is 2.64. The fourth-order valence-corrected chi connectivity index (χ4v) is 2.14. The average molecular weight is 239 g/mol. The summed E-state index contributed by atoms with van der Waals surface area (Å²) in [6, 6.07) is 8.31. The van der Waals surface area contributed by atoms with Gasteiger partial charge in [0.1, 0.15) is 0 Å². The lowest BCUT2D eigenvalue weighted by Crippen LogP contribution is -1.96. The van der Waals surface area contributed by atoms with E-state index < -0.39 is 0 Å². The van der Waals surface area contributed by atoms with E-state index in [0.29, 0.717) is 4.47 Å². The maximum Gasteiger partial charge on any atom is 0.183 e. The van der Waals surface area contributed by atoms with Crippen molar-refractivity contribution in [3.8, 4) is 0 Å². The van der Waals surface area contributed by atoms with E-state index >= 15 is 0 Å². The van der Waals surface area contributed by atoms with Crippen molar-refractivity contribution in [2.75, 3.05) is 5.32 Å². The van der Waals surface area contributed by atoms with Gasteiger partial charge in [0.2, 0.25) is 0 Å². The number of anilines is 1. The zero-order valence-corrected chi connectivity index (χ0v) is 9.90. The zero-order valence-electron chi connectivity index (χ0n) is 8.33.